The number of allylic oxidation sites excluding steroid dienone is 2. The first-order valence-electron chi connectivity index (χ1n) is 8.88. The molecule has 3 rings (SSSR count). The van der Waals surface area contributed by atoms with Gasteiger partial charge in [0.2, 0.25) is 5.91 Å². The molecule has 1 aromatic rings. The van der Waals surface area contributed by atoms with E-state index in [0.29, 0.717) is 23.4 Å². The fourth-order valence-electron chi connectivity index (χ4n) is 4.21. The van der Waals surface area contributed by atoms with Crippen LogP contribution in [0.1, 0.15) is 41.1 Å². The number of nitrogens with one attached hydrogen (secondary N) is 1. The number of carboxylic acids is 1. The zero-order valence-electron chi connectivity index (χ0n) is 15.0. The van der Waals surface area contributed by atoms with E-state index >= 15 is 0 Å². The van der Waals surface area contributed by atoms with Gasteiger partial charge in [-0.15, -0.1) is 11.3 Å². The van der Waals surface area contributed by atoms with Crippen LogP contribution in [-0.2, 0) is 20.7 Å². The Kier molecular flexibility index (Phi) is 5.18. The van der Waals surface area contributed by atoms with Crippen molar-refractivity contribution in [1.82, 2.24) is 0 Å². The minimum Gasteiger partial charge on any atom is -0.550 e. The summed E-state index contributed by atoms with van der Waals surface area (Å²) >= 11 is 1.32. The highest BCUT2D eigenvalue weighted by molar-refractivity contribution is 7.16. The molecule has 140 valence electrons. The van der Waals surface area contributed by atoms with E-state index in [-0.39, 0.29) is 24.3 Å². The molecule has 2 aliphatic carbocycles. The number of ether oxygens (including phenoxy) is 1. The van der Waals surface area contributed by atoms with Gasteiger partial charge in [-0.3, -0.25) is 4.79 Å². The number of amides is 1. The Morgan fingerprint density at radius 3 is 2.46 bits per heavy atom. The van der Waals surface area contributed by atoms with E-state index in [4.69, 9.17) is 4.74 Å². The molecule has 1 heterocycles. The quantitative estimate of drug-likeness (QED) is 0.604. The van der Waals surface area contributed by atoms with Crippen LogP contribution < -0.4 is 10.4 Å². The number of thiophene rings is 1. The number of aryl methyl sites for hydroxylation is 1. The Morgan fingerprint density at radius 2 is 1.88 bits per heavy atom. The number of carbonyl (C=O) groups excluding carboxylic acids is 3. The van der Waals surface area contributed by atoms with Gasteiger partial charge in [0.1, 0.15) is 5.00 Å². The molecule has 1 fully saturated rings. The zero-order chi connectivity index (χ0) is 19.0. The van der Waals surface area contributed by atoms with E-state index in [2.05, 4.69) is 5.32 Å². The van der Waals surface area contributed by atoms with Crippen molar-refractivity contribution in [2.75, 3.05) is 11.9 Å². The number of hydrogen-bond donors (Lipinski definition) is 1. The molecule has 26 heavy (non-hydrogen) atoms. The summed E-state index contributed by atoms with van der Waals surface area (Å²) in [5, 5.41) is 14.8. The minimum atomic E-state index is -1.19. The Morgan fingerprint density at radius 1 is 1.23 bits per heavy atom. The van der Waals surface area contributed by atoms with Gasteiger partial charge < -0.3 is 20.0 Å². The van der Waals surface area contributed by atoms with Crippen LogP contribution in [0.4, 0.5) is 5.00 Å². The molecular formula is C19H22NO5S-. The third kappa shape index (κ3) is 3.05. The molecule has 0 saturated heterocycles. The van der Waals surface area contributed by atoms with Gasteiger partial charge in [-0.25, -0.2) is 4.79 Å². The molecule has 2 bridgehead atoms. The lowest BCUT2D eigenvalue weighted by molar-refractivity contribution is -0.313. The van der Waals surface area contributed by atoms with Crippen LogP contribution in [-0.4, -0.2) is 24.5 Å². The van der Waals surface area contributed by atoms with Crippen molar-refractivity contribution >= 4 is 34.2 Å². The molecule has 0 radical (unpaired) electrons. The molecule has 1 aromatic heterocycles. The van der Waals surface area contributed by atoms with Crippen molar-refractivity contribution in [3.05, 3.63) is 28.2 Å². The van der Waals surface area contributed by atoms with E-state index in [1.807, 2.05) is 26.0 Å². The molecule has 1 N–H and O–H groups in total. The molecule has 0 aromatic carbocycles. The van der Waals surface area contributed by atoms with Gasteiger partial charge in [0.25, 0.3) is 0 Å². The lowest BCUT2D eigenvalue weighted by Crippen LogP contribution is -2.42. The summed E-state index contributed by atoms with van der Waals surface area (Å²) < 4.78 is 5.14. The second kappa shape index (κ2) is 7.23. The molecule has 1 amide bonds. The third-order valence-electron chi connectivity index (χ3n) is 5.31. The van der Waals surface area contributed by atoms with Crippen molar-refractivity contribution in [2.45, 2.75) is 33.6 Å². The average molecular weight is 376 g/mol. The number of rotatable bonds is 6. The maximum atomic E-state index is 12.9. The molecule has 6 nitrogen and oxygen atoms in total. The van der Waals surface area contributed by atoms with Crippen LogP contribution in [0, 0.1) is 30.6 Å². The van der Waals surface area contributed by atoms with Gasteiger partial charge in [-0.2, -0.15) is 0 Å². The summed E-state index contributed by atoms with van der Waals surface area (Å²) in [5.74, 6) is -3.76. The summed E-state index contributed by atoms with van der Waals surface area (Å²) in [4.78, 5) is 37.7. The second-order valence-electron chi connectivity index (χ2n) is 6.72. The SMILES string of the molecule is CCOC(=O)c1c(NC(=O)[C@@H]2[C@@H](C(=O)[O-])[C@@H]3C=C[C@@H]2C3)sc(C)c1CC. The first-order valence-corrected chi connectivity index (χ1v) is 9.70. The van der Waals surface area contributed by atoms with Crippen molar-refractivity contribution < 1.29 is 24.2 Å². The Labute approximate surface area is 156 Å². The standard InChI is InChI=1S/C19H23NO5S/c1-4-12-9(3)26-17(15(12)19(24)25-5-2)20-16(21)13-10-6-7-11(8-10)14(13)18(22)23/h6-7,10-11,13-14H,4-5,8H2,1-3H3,(H,20,21)(H,22,23)/p-1/t10-,11-,13+,14+/m1/s1. The van der Waals surface area contributed by atoms with Crippen LogP contribution in [0.3, 0.4) is 0 Å². The minimum absolute atomic E-state index is 0.0966. The molecule has 4 atom stereocenters. The number of hydrogen-bond acceptors (Lipinski definition) is 6. The maximum Gasteiger partial charge on any atom is 0.341 e. The van der Waals surface area contributed by atoms with Gasteiger partial charge in [-0.05, 0) is 44.1 Å². The smallest absolute Gasteiger partial charge is 0.341 e. The topological polar surface area (TPSA) is 95.5 Å². The zero-order valence-corrected chi connectivity index (χ0v) is 15.9. The first-order chi connectivity index (χ1) is 12.4. The van der Waals surface area contributed by atoms with Crippen LogP contribution in [0.25, 0.3) is 0 Å². The van der Waals surface area contributed by atoms with E-state index in [0.717, 1.165) is 10.4 Å². The summed E-state index contributed by atoms with van der Waals surface area (Å²) in [7, 11) is 0. The predicted molar refractivity (Wildman–Crippen MR) is 95.7 cm³/mol. The van der Waals surface area contributed by atoms with Crippen LogP contribution in [0.15, 0.2) is 12.2 Å². The van der Waals surface area contributed by atoms with Gasteiger partial charge in [-0.1, -0.05) is 19.1 Å². The fourth-order valence-corrected chi connectivity index (χ4v) is 5.34. The Bertz CT molecular complexity index is 781. The van der Waals surface area contributed by atoms with E-state index < -0.39 is 23.8 Å². The fraction of sp³-hybridized carbons (Fsp3) is 0.526. The highest BCUT2D eigenvalue weighted by Gasteiger charge is 2.49. The molecule has 2 aliphatic rings. The maximum absolute atomic E-state index is 12.9. The number of anilines is 1. The van der Waals surface area contributed by atoms with Crippen LogP contribution in [0.5, 0.6) is 0 Å². The molecule has 0 aliphatic heterocycles. The largest absolute Gasteiger partial charge is 0.550 e. The highest BCUT2D eigenvalue weighted by atomic mass is 32.1. The van der Waals surface area contributed by atoms with Crippen molar-refractivity contribution in [3.63, 3.8) is 0 Å². The van der Waals surface area contributed by atoms with Crippen molar-refractivity contribution in [1.29, 1.82) is 0 Å². The molecular weight excluding hydrogens is 354 g/mol. The van der Waals surface area contributed by atoms with E-state index in [9.17, 15) is 19.5 Å². The molecule has 0 unspecified atom stereocenters. The predicted octanol–water partition coefficient (Wildman–Crippen LogP) is 1.92. The summed E-state index contributed by atoms with van der Waals surface area (Å²) in [6, 6.07) is 0. The second-order valence-corrected chi connectivity index (χ2v) is 7.95. The first kappa shape index (κ1) is 18.6. The normalized spacial score (nSPS) is 26.1. The summed E-state index contributed by atoms with van der Waals surface area (Å²) in [6.07, 6.45) is 5.08. The Hall–Kier alpha value is -2.15. The summed E-state index contributed by atoms with van der Waals surface area (Å²) in [5.41, 5.74) is 1.24. The number of carbonyl (C=O) groups is 3. The van der Waals surface area contributed by atoms with Crippen LogP contribution >= 0.6 is 11.3 Å². The Balaban J connectivity index is 1.89. The van der Waals surface area contributed by atoms with Gasteiger partial charge in [0.05, 0.1) is 18.1 Å². The van der Waals surface area contributed by atoms with Crippen molar-refractivity contribution in [3.8, 4) is 0 Å². The number of esters is 1. The average Bonchev–Trinajstić information content (AvgIpc) is 3.26. The molecule has 1 saturated carbocycles. The number of carboxylic acid groups (broad SMARTS) is 1. The lowest BCUT2D eigenvalue weighted by Gasteiger charge is -2.27. The van der Waals surface area contributed by atoms with E-state index in [1.165, 1.54) is 11.3 Å². The van der Waals surface area contributed by atoms with Crippen LogP contribution in [0.2, 0.25) is 0 Å². The van der Waals surface area contributed by atoms with E-state index in [1.54, 1.807) is 6.92 Å². The summed E-state index contributed by atoms with van der Waals surface area (Å²) in [6.45, 7) is 5.81. The molecule has 7 heteroatoms. The number of aliphatic carboxylic acids is 1. The molecule has 0 spiro atoms. The van der Waals surface area contributed by atoms with Gasteiger partial charge >= 0.3 is 5.97 Å². The third-order valence-corrected chi connectivity index (χ3v) is 6.38. The number of fused-ring (bicyclic) bond motifs is 2. The van der Waals surface area contributed by atoms with Crippen molar-refractivity contribution in [2.24, 2.45) is 23.7 Å². The van der Waals surface area contributed by atoms with Gasteiger partial charge in [0, 0.05) is 16.8 Å². The monoisotopic (exact) mass is 376 g/mol. The van der Waals surface area contributed by atoms with Gasteiger partial charge in [0.15, 0.2) is 0 Å². The lowest BCUT2D eigenvalue weighted by atomic mass is 9.82. The highest BCUT2D eigenvalue weighted by Crippen LogP contribution is 2.48.